The Morgan fingerprint density at radius 3 is 2.75 bits per heavy atom. The van der Waals surface area contributed by atoms with Gasteiger partial charge in [0.1, 0.15) is 5.76 Å². The Morgan fingerprint density at radius 2 is 2.25 bits per heavy atom. The van der Waals surface area contributed by atoms with E-state index in [1.807, 2.05) is 19.2 Å². The van der Waals surface area contributed by atoms with Crippen LogP contribution in [0.4, 0.5) is 0 Å². The van der Waals surface area contributed by atoms with E-state index in [-0.39, 0.29) is 24.0 Å². The van der Waals surface area contributed by atoms with E-state index in [0.717, 1.165) is 30.7 Å². The molecule has 112 valence electrons. The fourth-order valence-corrected chi connectivity index (χ4v) is 2.94. The van der Waals surface area contributed by atoms with Gasteiger partial charge in [-0.25, -0.2) is 0 Å². The maximum absolute atomic E-state index is 5.38. The van der Waals surface area contributed by atoms with E-state index in [0.29, 0.717) is 5.41 Å². The number of rotatable bonds is 5. The third-order valence-electron chi connectivity index (χ3n) is 4.48. The van der Waals surface area contributed by atoms with Gasteiger partial charge in [0.15, 0.2) is 5.96 Å². The zero-order valence-corrected chi connectivity index (χ0v) is 14.6. The minimum absolute atomic E-state index is 0. The van der Waals surface area contributed by atoms with Crippen molar-refractivity contribution >= 4 is 29.9 Å². The van der Waals surface area contributed by atoms with Crippen LogP contribution >= 0.6 is 24.0 Å². The number of aliphatic imine (C=N–C) groups is 1. The summed E-state index contributed by atoms with van der Waals surface area (Å²) in [6.45, 7) is 1.83. The van der Waals surface area contributed by atoms with Gasteiger partial charge in [0.05, 0.1) is 12.8 Å². The molecule has 0 unspecified atom stereocenters. The first-order valence-electron chi connectivity index (χ1n) is 7.18. The fourth-order valence-electron chi connectivity index (χ4n) is 2.94. The van der Waals surface area contributed by atoms with Gasteiger partial charge < -0.3 is 14.6 Å². The molecule has 1 aromatic heterocycles. The molecule has 0 spiro atoms. The molecule has 0 atom stereocenters. The third kappa shape index (κ3) is 3.48. The van der Waals surface area contributed by atoms with Crippen molar-refractivity contribution in [2.45, 2.75) is 32.2 Å². The maximum atomic E-state index is 5.38. The summed E-state index contributed by atoms with van der Waals surface area (Å²) in [5.41, 5.74) is 0.599. The summed E-state index contributed by atoms with van der Waals surface area (Å²) < 4.78 is 5.38. The van der Waals surface area contributed by atoms with Crippen molar-refractivity contribution in [3.05, 3.63) is 24.2 Å². The maximum Gasteiger partial charge on any atom is 0.193 e. The quantitative estimate of drug-likeness (QED) is 0.478. The number of nitrogens with zero attached hydrogens (tertiary/aromatic N) is 2. The van der Waals surface area contributed by atoms with Crippen LogP contribution < -0.4 is 5.32 Å². The van der Waals surface area contributed by atoms with Crippen LogP contribution in [0.3, 0.4) is 0 Å². The van der Waals surface area contributed by atoms with E-state index in [2.05, 4.69) is 22.3 Å². The zero-order chi connectivity index (χ0) is 13.3. The van der Waals surface area contributed by atoms with Gasteiger partial charge >= 0.3 is 0 Å². The summed E-state index contributed by atoms with van der Waals surface area (Å²) in [7, 11) is 3.90. The second-order valence-corrected chi connectivity index (χ2v) is 5.97. The number of hydrogen-bond donors (Lipinski definition) is 1. The third-order valence-corrected chi connectivity index (χ3v) is 4.48. The second kappa shape index (κ2) is 6.37. The Morgan fingerprint density at radius 1 is 1.50 bits per heavy atom. The number of hydrogen-bond acceptors (Lipinski definition) is 2. The van der Waals surface area contributed by atoms with Gasteiger partial charge in [-0.3, -0.25) is 4.99 Å². The first-order valence-corrected chi connectivity index (χ1v) is 7.18. The Balaban J connectivity index is 0.00000147. The average Bonchev–Trinajstić information content (AvgIpc) is 3.30. The van der Waals surface area contributed by atoms with E-state index in [4.69, 9.17) is 4.42 Å². The van der Waals surface area contributed by atoms with Crippen LogP contribution in [0.1, 0.15) is 31.4 Å². The molecule has 0 aliphatic heterocycles. The van der Waals surface area contributed by atoms with Gasteiger partial charge in [-0.15, -0.1) is 24.0 Å². The van der Waals surface area contributed by atoms with Crippen LogP contribution in [0.2, 0.25) is 0 Å². The predicted octanol–water partition coefficient (Wildman–Crippen LogP) is 3.10. The molecular weight excluding hydrogens is 365 g/mol. The first kappa shape index (κ1) is 15.7. The molecular formula is C15H24IN3O. The smallest absolute Gasteiger partial charge is 0.193 e. The van der Waals surface area contributed by atoms with Crippen molar-refractivity contribution in [2.24, 2.45) is 16.3 Å². The molecule has 2 aliphatic carbocycles. The van der Waals surface area contributed by atoms with Gasteiger partial charge in [-0.1, -0.05) is 0 Å². The van der Waals surface area contributed by atoms with E-state index in [9.17, 15) is 0 Å². The highest BCUT2D eigenvalue weighted by atomic mass is 127. The van der Waals surface area contributed by atoms with Gasteiger partial charge in [-0.2, -0.15) is 0 Å². The van der Waals surface area contributed by atoms with E-state index >= 15 is 0 Å². The molecule has 4 nitrogen and oxygen atoms in total. The molecule has 3 rings (SSSR count). The van der Waals surface area contributed by atoms with Gasteiger partial charge in [0.25, 0.3) is 0 Å². The summed E-state index contributed by atoms with van der Waals surface area (Å²) in [6, 6.07) is 3.92. The topological polar surface area (TPSA) is 40.8 Å². The summed E-state index contributed by atoms with van der Waals surface area (Å²) in [5.74, 6) is 2.91. The number of guanidine groups is 1. The Hall–Kier alpha value is -0.720. The van der Waals surface area contributed by atoms with Crippen molar-refractivity contribution in [2.75, 3.05) is 20.6 Å². The minimum Gasteiger partial charge on any atom is -0.467 e. The molecule has 0 saturated heterocycles. The van der Waals surface area contributed by atoms with Crippen LogP contribution in [0, 0.1) is 11.3 Å². The number of halogens is 1. The van der Waals surface area contributed by atoms with Crippen molar-refractivity contribution < 1.29 is 4.42 Å². The lowest BCUT2D eigenvalue weighted by atomic mass is 10.0. The molecule has 2 fully saturated rings. The van der Waals surface area contributed by atoms with Crippen molar-refractivity contribution in [1.29, 1.82) is 0 Å². The van der Waals surface area contributed by atoms with Gasteiger partial charge in [0.2, 0.25) is 0 Å². The molecule has 0 radical (unpaired) electrons. The van der Waals surface area contributed by atoms with Crippen LogP contribution in [0.25, 0.3) is 0 Å². The summed E-state index contributed by atoms with van der Waals surface area (Å²) in [6.07, 6.45) is 7.36. The van der Waals surface area contributed by atoms with Gasteiger partial charge in [0, 0.05) is 20.6 Å². The predicted molar refractivity (Wildman–Crippen MR) is 91.3 cm³/mol. The molecule has 2 aliphatic rings. The molecule has 1 heterocycles. The Bertz CT molecular complexity index is 450. The second-order valence-electron chi connectivity index (χ2n) is 5.97. The molecule has 5 heteroatoms. The highest BCUT2D eigenvalue weighted by molar-refractivity contribution is 14.0. The summed E-state index contributed by atoms with van der Waals surface area (Å²) in [5, 5.41) is 3.54. The average molecular weight is 389 g/mol. The Kier molecular flexibility index (Phi) is 4.99. The zero-order valence-electron chi connectivity index (χ0n) is 12.3. The molecule has 2 saturated carbocycles. The number of furan rings is 1. The standard InChI is InChI=1S/C15H23N3O.HI/c1-16-14(18(2)10-13-4-3-9-19-13)17-11-15(7-8-15)12-5-6-12;/h3-4,9,12H,5-8,10-11H2,1-2H3,(H,16,17);1H. The first-order chi connectivity index (χ1) is 9.23. The molecule has 20 heavy (non-hydrogen) atoms. The van der Waals surface area contributed by atoms with Crippen LogP contribution in [-0.4, -0.2) is 31.5 Å². The monoisotopic (exact) mass is 389 g/mol. The van der Waals surface area contributed by atoms with E-state index < -0.39 is 0 Å². The molecule has 0 bridgehead atoms. The normalized spacial score (nSPS) is 20.2. The summed E-state index contributed by atoms with van der Waals surface area (Å²) in [4.78, 5) is 6.48. The van der Waals surface area contributed by atoms with E-state index in [1.54, 1.807) is 6.26 Å². The highest BCUT2D eigenvalue weighted by Crippen LogP contribution is 2.60. The summed E-state index contributed by atoms with van der Waals surface area (Å²) >= 11 is 0. The Labute approximate surface area is 138 Å². The highest BCUT2D eigenvalue weighted by Gasteiger charge is 2.53. The van der Waals surface area contributed by atoms with E-state index in [1.165, 1.54) is 25.7 Å². The van der Waals surface area contributed by atoms with Crippen molar-refractivity contribution in [1.82, 2.24) is 10.2 Å². The molecule has 0 amide bonds. The molecule has 1 N–H and O–H groups in total. The lowest BCUT2D eigenvalue weighted by Crippen LogP contribution is -2.41. The van der Waals surface area contributed by atoms with Crippen LogP contribution in [-0.2, 0) is 6.54 Å². The lowest BCUT2D eigenvalue weighted by Gasteiger charge is -2.23. The minimum atomic E-state index is 0. The van der Waals surface area contributed by atoms with Crippen LogP contribution in [0.5, 0.6) is 0 Å². The fraction of sp³-hybridized carbons (Fsp3) is 0.667. The largest absolute Gasteiger partial charge is 0.467 e. The SMILES string of the molecule is CN=C(NCC1(C2CC2)CC1)N(C)Cc1ccco1.I. The lowest BCUT2D eigenvalue weighted by molar-refractivity contribution is 0.383. The van der Waals surface area contributed by atoms with Crippen LogP contribution in [0.15, 0.2) is 27.8 Å². The number of nitrogens with one attached hydrogen (secondary N) is 1. The van der Waals surface area contributed by atoms with Gasteiger partial charge in [-0.05, 0) is 49.1 Å². The van der Waals surface area contributed by atoms with Crippen molar-refractivity contribution in [3.8, 4) is 0 Å². The van der Waals surface area contributed by atoms with Crippen molar-refractivity contribution in [3.63, 3.8) is 0 Å². The molecule has 1 aromatic rings. The molecule has 0 aromatic carbocycles.